The van der Waals surface area contributed by atoms with Gasteiger partial charge in [-0.25, -0.2) is 5.43 Å². The van der Waals surface area contributed by atoms with Crippen LogP contribution in [0.2, 0.25) is 5.02 Å². The molecule has 130 valence electrons. The summed E-state index contributed by atoms with van der Waals surface area (Å²) >= 11 is 5.78. The Balaban J connectivity index is 2.07. The number of carbonyl (C=O) groups is 2. The zero-order valence-corrected chi connectivity index (χ0v) is 14.5. The maximum atomic E-state index is 11.9. The van der Waals surface area contributed by atoms with Crippen molar-refractivity contribution in [2.75, 3.05) is 6.61 Å². The van der Waals surface area contributed by atoms with Crippen molar-refractivity contribution in [1.82, 2.24) is 5.43 Å². The van der Waals surface area contributed by atoms with Crippen molar-refractivity contribution < 1.29 is 19.1 Å². The minimum atomic E-state index is -0.433. The molecule has 0 atom stereocenters. The van der Waals surface area contributed by atoms with Crippen LogP contribution < -0.4 is 14.9 Å². The van der Waals surface area contributed by atoms with Crippen molar-refractivity contribution in [3.63, 3.8) is 0 Å². The quantitative estimate of drug-likeness (QED) is 0.370. The third-order valence-electron chi connectivity index (χ3n) is 3.01. The highest BCUT2D eigenvalue weighted by atomic mass is 35.5. The van der Waals surface area contributed by atoms with Crippen molar-refractivity contribution >= 4 is 29.7 Å². The molecule has 1 amide bonds. The van der Waals surface area contributed by atoms with Crippen molar-refractivity contribution in [3.05, 3.63) is 58.6 Å². The summed E-state index contributed by atoms with van der Waals surface area (Å²) in [6, 6.07) is 11.4. The number of amides is 1. The summed E-state index contributed by atoms with van der Waals surface area (Å²) in [5.41, 5.74) is 3.55. The van der Waals surface area contributed by atoms with E-state index < -0.39 is 5.97 Å². The highest BCUT2D eigenvalue weighted by molar-refractivity contribution is 6.30. The van der Waals surface area contributed by atoms with Gasteiger partial charge in [0, 0.05) is 17.5 Å². The Hall–Kier alpha value is -2.86. The minimum absolute atomic E-state index is 0.330. The van der Waals surface area contributed by atoms with Gasteiger partial charge in [0.15, 0.2) is 11.5 Å². The number of nitrogens with one attached hydrogen (secondary N) is 1. The molecule has 25 heavy (non-hydrogen) atoms. The standard InChI is InChI=1S/C18H17ClN2O4/c1-3-24-17-10-13(4-9-16(17)25-12(2)22)11-20-21-18(23)14-5-7-15(19)8-6-14/h4-11H,3H2,1-2H3,(H,21,23)/b20-11-. The molecule has 0 heterocycles. The molecular weight excluding hydrogens is 344 g/mol. The van der Waals surface area contributed by atoms with Gasteiger partial charge in [-0.15, -0.1) is 0 Å². The first-order valence-electron chi connectivity index (χ1n) is 7.54. The normalized spacial score (nSPS) is 10.5. The van der Waals surface area contributed by atoms with E-state index >= 15 is 0 Å². The predicted molar refractivity (Wildman–Crippen MR) is 95.4 cm³/mol. The second-order valence-corrected chi connectivity index (χ2v) is 5.38. The van der Waals surface area contributed by atoms with E-state index in [9.17, 15) is 9.59 Å². The van der Waals surface area contributed by atoms with Crippen LogP contribution in [0.25, 0.3) is 0 Å². The molecule has 0 unspecified atom stereocenters. The third-order valence-corrected chi connectivity index (χ3v) is 3.26. The molecule has 0 saturated heterocycles. The lowest BCUT2D eigenvalue weighted by molar-refractivity contribution is -0.132. The Labute approximate surface area is 150 Å². The number of halogens is 1. The molecule has 2 rings (SSSR count). The topological polar surface area (TPSA) is 77.0 Å². The van der Waals surface area contributed by atoms with Crippen molar-refractivity contribution in [3.8, 4) is 11.5 Å². The first-order valence-corrected chi connectivity index (χ1v) is 7.91. The maximum absolute atomic E-state index is 11.9. The molecule has 1 N–H and O–H groups in total. The molecule has 6 nitrogen and oxygen atoms in total. The average molecular weight is 361 g/mol. The molecule has 0 bridgehead atoms. The van der Waals surface area contributed by atoms with Gasteiger partial charge in [0.05, 0.1) is 12.8 Å². The van der Waals surface area contributed by atoms with E-state index in [-0.39, 0.29) is 5.91 Å². The SMILES string of the molecule is CCOc1cc(/C=N\NC(=O)c2ccc(Cl)cc2)ccc1OC(C)=O. The minimum Gasteiger partial charge on any atom is -0.490 e. The Morgan fingerprint density at radius 3 is 2.52 bits per heavy atom. The van der Waals surface area contributed by atoms with E-state index in [1.54, 1.807) is 42.5 Å². The second kappa shape index (κ2) is 8.84. The van der Waals surface area contributed by atoms with E-state index in [4.69, 9.17) is 21.1 Å². The number of rotatable bonds is 6. The zero-order valence-electron chi connectivity index (χ0n) is 13.8. The highest BCUT2D eigenvalue weighted by Gasteiger charge is 2.08. The summed E-state index contributed by atoms with van der Waals surface area (Å²) in [4.78, 5) is 23.0. The summed E-state index contributed by atoms with van der Waals surface area (Å²) in [7, 11) is 0. The molecule has 2 aromatic rings. The van der Waals surface area contributed by atoms with Gasteiger partial charge in [-0.2, -0.15) is 5.10 Å². The summed E-state index contributed by atoms with van der Waals surface area (Å²) in [5.74, 6) is -0.0329. The molecule has 0 spiro atoms. The largest absolute Gasteiger partial charge is 0.490 e. The van der Waals surface area contributed by atoms with Crippen LogP contribution in [0.15, 0.2) is 47.6 Å². The van der Waals surface area contributed by atoms with Gasteiger partial charge in [0.2, 0.25) is 0 Å². The number of esters is 1. The lowest BCUT2D eigenvalue weighted by Gasteiger charge is -2.10. The molecule has 0 aliphatic heterocycles. The van der Waals surface area contributed by atoms with E-state index in [1.807, 2.05) is 6.92 Å². The van der Waals surface area contributed by atoms with Crippen LogP contribution in [0.3, 0.4) is 0 Å². The maximum Gasteiger partial charge on any atom is 0.308 e. The lowest BCUT2D eigenvalue weighted by atomic mass is 10.2. The molecular formula is C18H17ClN2O4. The molecule has 0 fully saturated rings. The first kappa shape index (κ1) is 18.5. The zero-order chi connectivity index (χ0) is 18.2. The fourth-order valence-electron chi connectivity index (χ4n) is 1.94. The molecule has 7 heteroatoms. The summed E-state index contributed by atoms with van der Waals surface area (Å²) in [6.07, 6.45) is 1.47. The van der Waals surface area contributed by atoms with Crippen LogP contribution in [-0.4, -0.2) is 24.7 Å². The Morgan fingerprint density at radius 2 is 1.88 bits per heavy atom. The average Bonchev–Trinajstić information content (AvgIpc) is 2.57. The molecule has 0 radical (unpaired) electrons. The number of ether oxygens (including phenoxy) is 2. The van der Waals surface area contributed by atoms with Crippen LogP contribution in [0.5, 0.6) is 11.5 Å². The number of nitrogens with zero attached hydrogens (tertiary/aromatic N) is 1. The summed E-state index contributed by atoms with van der Waals surface area (Å²) in [6.45, 7) is 3.56. The Morgan fingerprint density at radius 1 is 1.16 bits per heavy atom. The summed E-state index contributed by atoms with van der Waals surface area (Å²) in [5, 5.41) is 4.46. The van der Waals surface area contributed by atoms with Gasteiger partial charge >= 0.3 is 5.97 Å². The van der Waals surface area contributed by atoms with E-state index in [0.29, 0.717) is 34.3 Å². The van der Waals surface area contributed by atoms with Crippen LogP contribution in [0.1, 0.15) is 29.8 Å². The van der Waals surface area contributed by atoms with Crippen LogP contribution in [0.4, 0.5) is 0 Å². The van der Waals surface area contributed by atoms with Crippen molar-refractivity contribution in [2.45, 2.75) is 13.8 Å². The van der Waals surface area contributed by atoms with Gasteiger partial charge in [0.1, 0.15) is 0 Å². The number of hydrogen-bond acceptors (Lipinski definition) is 5. The fraction of sp³-hybridized carbons (Fsp3) is 0.167. The van der Waals surface area contributed by atoms with Gasteiger partial charge < -0.3 is 9.47 Å². The second-order valence-electron chi connectivity index (χ2n) is 4.94. The van der Waals surface area contributed by atoms with Crippen LogP contribution >= 0.6 is 11.6 Å². The van der Waals surface area contributed by atoms with Crippen LogP contribution in [-0.2, 0) is 4.79 Å². The van der Waals surface area contributed by atoms with E-state index in [0.717, 1.165) is 0 Å². The molecule has 0 aliphatic carbocycles. The van der Waals surface area contributed by atoms with Gasteiger partial charge in [-0.05, 0) is 55.0 Å². The Kier molecular flexibility index (Phi) is 6.54. The predicted octanol–water partition coefficient (Wildman–Crippen LogP) is 3.43. The first-order chi connectivity index (χ1) is 12.0. The lowest BCUT2D eigenvalue weighted by Crippen LogP contribution is -2.17. The number of hydrogen-bond donors (Lipinski definition) is 1. The van der Waals surface area contributed by atoms with Crippen molar-refractivity contribution in [1.29, 1.82) is 0 Å². The highest BCUT2D eigenvalue weighted by Crippen LogP contribution is 2.28. The van der Waals surface area contributed by atoms with Crippen LogP contribution in [0, 0.1) is 0 Å². The van der Waals surface area contributed by atoms with Gasteiger partial charge in [-0.1, -0.05) is 11.6 Å². The number of hydrazone groups is 1. The fourth-order valence-corrected chi connectivity index (χ4v) is 2.07. The monoisotopic (exact) mass is 360 g/mol. The molecule has 2 aromatic carbocycles. The van der Waals surface area contributed by atoms with Gasteiger partial charge in [0.25, 0.3) is 5.91 Å². The number of benzene rings is 2. The van der Waals surface area contributed by atoms with Crippen molar-refractivity contribution in [2.24, 2.45) is 5.10 Å². The van der Waals surface area contributed by atoms with Gasteiger partial charge in [-0.3, -0.25) is 9.59 Å². The molecule has 0 aromatic heterocycles. The Bertz CT molecular complexity index is 788. The molecule has 0 aliphatic rings. The smallest absolute Gasteiger partial charge is 0.308 e. The summed E-state index contributed by atoms with van der Waals surface area (Å²) < 4.78 is 10.5. The van der Waals surface area contributed by atoms with E-state index in [1.165, 1.54) is 13.1 Å². The van der Waals surface area contributed by atoms with E-state index in [2.05, 4.69) is 10.5 Å². The number of carbonyl (C=O) groups excluding carboxylic acids is 2. The third kappa shape index (κ3) is 5.61. The molecule has 0 saturated carbocycles.